The third kappa shape index (κ3) is 3.88. The lowest BCUT2D eigenvalue weighted by Gasteiger charge is -2.23. The van der Waals surface area contributed by atoms with Crippen LogP contribution in [0.3, 0.4) is 0 Å². The lowest BCUT2D eigenvalue weighted by atomic mass is 10.1. The molecule has 2 aromatic carbocycles. The van der Waals surface area contributed by atoms with Crippen molar-refractivity contribution in [2.75, 3.05) is 17.4 Å². The molecule has 6 nitrogen and oxygen atoms in total. The van der Waals surface area contributed by atoms with Crippen LogP contribution in [-0.4, -0.2) is 24.6 Å². The quantitative estimate of drug-likeness (QED) is 0.850. The first-order chi connectivity index (χ1) is 12.1. The van der Waals surface area contributed by atoms with E-state index in [1.807, 2.05) is 24.3 Å². The van der Waals surface area contributed by atoms with Crippen LogP contribution in [0.5, 0.6) is 5.75 Å². The summed E-state index contributed by atoms with van der Waals surface area (Å²) >= 11 is 3.37. The van der Waals surface area contributed by atoms with Gasteiger partial charge in [0.15, 0.2) is 0 Å². The van der Waals surface area contributed by atoms with E-state index in [4.69, 9.17) is 4.74 Å². The first kappa shape index (κ1) is 17.2. The molecule has 1 aliphatic heterocycles. The molecule has 0 aromatic heterocycles. The van der Waals surface area contributed by atoms with Gasteiger partial charge in [-0.1, -0.05) is 34.1 Å². The maximum Gasteiger partial charge on any atom is 0.271 e. The summed E-state index contributed by atoms with van der Waals surface area (Å²) in [7, 11) is 1.53. The number of methoxy groups -OCH3 is 1. The molecule has 1 aliphatic rings. The van der Waals surface area contributed by atoms with Crippen LogP contribution in [-0.2, 0) is 9.59 Å². The van der Waals surface area contributed by atoms with Gasteiger partial charge in [-0.15, -0.1) is 0 Å². The minimum atomic E-state index is -0.357. The molecule has 128 valence electrons. The molecule has 0 radical (unpaired) electrons. The van der Waals surface area contributed by atoms with Crippen LogP contribution in [0.1, 0.15) is 12.8 Å². The SMILES string of the molecule is COc1ccc(Br)cc1NC(=O)C1=NN(c2ccccc2)C(=O)CC1. The van der Waals surface area contributed by atoms with Crippen molar-refractivity contribution in [1.29, 1.82) is 0 Å². The zero-order chi connectivity index (χ0) is 17.8. The highest BCUT2D eigenvalue weighted by Crippen LogP contribution is 2.28. The molecule has 7 heteroatoms. The maximum absolute atomic E-state index is 12.6. The number of nitrogens with one attached hydrogen (secondary N) is 1. The van der Waals surface area contributed by atoms with Gasteiger partial charge < -0.3 is 10.1 Å². The number of amides is 2. The number of hydrogen-bond donors (Lipinski definition) is 1. The van der Waals surface area contributed by atoms with Crippen LogP contribution in [0.25, 0.3) is 0 Å². The van der Waals surface area contributed by atoms with E-state index in [0.717, 1.165) is 4.47 Å². The molecule has 1 N–H and O–H groups in total. The highest BCUT2D eigenvalue weighted by molar-refractivity contribution is 9.10. The standard InChI is InChI=1S/C18H16BrN3O3/c1-25-16-9-7-12(19)11-15(16)20-18(24)14-8-10-17(23)22(21-14)13-5-3-2-4-6-13/h2-7,9,11H,8,10H2,1H3,(H,20,24). The van der Waals surface area contributed by atoms with Crippen LogP contribution in [0.15, 0.2) is 58.1 Å². The number of rotatable bonds is 4. The Morgan fingerprint density at radius 3 is 2.68 bits per heavy atom. The summed E-state index contributed by atoms with van der Waals surface area (Å²) in [6.07, 6.45) is 0.529. The second-order valence-corrected chi connectivity index (χ2v) is 6.30. The van der Waals surface area contributed by atoms with Crippen molar-refractivity contribution < 1.29 is 14.3 Å². The van der Waals surface area contributed by atoms with Crippen molar-refractivity contribution in [1.82, 2.24) is 0 Å². The number of hydrogen-bond acceptors (Lipinski definition) is 4. The summed E-state index contributed by atoms with van der Waals surface area (Å²) in [4.78, 5) is 24.7. The minimum absolute atomic E-state index is 0.136. The van der Waals surface area contributed by atoms with Gasteiger partial charge in [-0.2, -0.15) is 5.10 Å². The predicted octanol–water partition coefficient (Wildman–Crippen LogP) is 3.58. The Bertz CT molecular complexity index is 837. The average molecular weight is 402 g/mol. The van der Waals surface area contributed by atoms with Gasteiger partial charge in [-0.05, 0) is 30.3 Å². The predicted molar refractivity (Wildman–Crippen MR) is 99.9 cm³/mol. The van der Waals surface area contributed by atoms with Gasteiger partial charge in [0.25, 0.3) is 5.91 Å². The van der Waals surface area contributed by atoms with Gasteiger partial charge in [0.2, 0.25) is 5.91 Å². The minimum Gasteiger partial charge on any atom is -0.495 e. The Morgan fingerprint density at radius 1 is 1.20 bits per heavy atom. The number of carbonyl (C=O) groups is 2. The Hall–Kier alpha value is -2.67. The molecular formula is C18H16BrN3O3. The van der Waals surface area contributed by atoms with E-state index >= 15 is 0 Å². The van der Waals surface area contributed by atoms with Crippen LogP contribution in [0, 0.1) is 0 Å². The van der Waals surface area contributed by atoms with Crippen molar-refractivity contribution in [3.05, 3.63) is 53.0 Å². The van der Waals surface area contributed by atoms with E-state index in [9.17, 15) is 9.59 Å². The Kier molecular flexibility index (Phi) is 5.14. The number of ether oxygens (including phenoxy) is 1. The second-order valence-electron chi connectivity index (χ2n) is 5.39. The molecule has 3 rings (SSSR count). The van der Waals surface area contributed by atoms with Crippen LogP contribution >= 0.6 is 15.9 Å². The van der Waals surface area contributed by atoms with E-state index in [1.165, 1.54) is 12.1 Å². The van der Waals surface area contributed by atoms with E-state index in [1.54, 1.807) is 24.3 Å². The summed E-state index contributed by atoms with van der Waals surface area (Å²) in [5.74, 6) is 0.0524. The number of para-hydroxylation sites is 1. The van der Waals surface area contributed by atoms with Crippen LogP contribution in [0.4, 0.5) is 11.4 Å². The molecule has 0 atom stereocenters. The highest BCUT2D eigenvalue weighted by Gasteiger charge is 2.26. The van der Waals surface area contributed by atoms with Crippen molar-refractivity contribution in [2.45, 2.75) is 12.8 Å². The van der Waals surface area contributed by atoms with E-state index in [2.05, 4.69) is 26.3 Å². The molecule has 0 bridgehead atoms. The zero-order valence-corrected chi connectivity index (χ0v) is 15.1. The number of carbonyl (C=O) groups excluding carboxylic acids is 2. The van der Waals surface area contributed by atoms with Gasteiger partial charge in [-0.3, -0.25) is 9.59 Å². The van der Waals surface area contributed by atoms with Gasteiger partial charge in [-0.25, -0.2) is 5.01 Å². The molecule has 2 aromatic rings. The first-order valence-electron chi connectivity index (χ1n) is 7.69. The van der Waals surface area contributed by atoms with Crippen molar-refractivity contribution in [3.63, 3.8) is 0 Å². The topological polar surface area (TPSA) is 71.0 Å². The van der Waals surface area contributed by atoms with Crippen molar-refractivity contribution in [3.8, 4) is 5.75 Å². The molecule has 2 amide bonds. The molecule has 0 unspecified atom stereocenters. The van der Waals surface area contributed by atoms with Gasteiger partial charge in [0.05, 0.1) is 18.5 Å². The third-order valence-corrected chi connectivity index (χ3v) is 4.20. The summed E-state index contributed by atoms with van der Waals surface area (Å²) in [5, 5.41) is 8.31. The molecule has 25 heavy (non-hydrogen) atoms. The number of benzene rings is 2. The van der Waals surface area contributed by atoms with Gasteiger partial charge in [0.1, 0.15) is 11.5 Å². The lowest BCUT2D eigenvalue weighted by Crippen LogP contribution is -2.36. The normalized spacial score (nSPS) is 14.1. The molecule has 0 saturated heterocycles. The number of halogens is 1. The van der Waals surface area contributed by atoms with E-state index in [-0.39, 0.29) is 18.2 Å². The van der Waals surface area contributed by atoms with E-state index in [0.29, 0.717) is 29.3 Å². The molecular weight excluding hydrogens is 386 g/mol. The summed E-state index contributed by atoms with van der Waals surface area (Å²) in [6.45, 7) is 0. The molecule has 0 saturated carbocycles. The molecule has 1 heterocycles. The third-order valence-electron chi connectivity index (χ3n) is 3.71. The van der Waals surface area contributed by atoms with Gasteiger partial charge in [0, 0.05) is 17.3 Å². The molecule has 0 fully saturated rings. The fourth-order valence-corrected chi connectivity index (χ4v) is 2.82. The lowest BCUT2D eigenvalue weighted by molar-refractivity contribution is -0.118. The number of nitrogens with zero attached hydrogens (tertiary/aromatic N) is 2. The van der Waals surface area contributed by atoms with Crippen molar-refractivity contribution in [2.24, 2.45) is 5.10 Å². The number of hydrazone groups is 1. The summed E-state index contributed by atoms with van der Waals surface area (Å²) < 4.78 is 6.07. The summed E-state index contributed by atoms with van der Waals surface area (Å²) in [6, 6.07) is 14.4. The Labute approximate surface area is 153 Å². The smallest absolute Gasteiger partial charge is 0.271 e. The van der Waals surface area contributed by atoms with Crippen molar-refractivity contribution >= 4 is 44.8 Å². The molecule has 0 aliphatic carbocycles. The maximum atomic E-state index is 12.6. The second kappa shape index (κ2) is 7.48. The molecule has 0 spiro atoms. The summed E-state index contributed by atoms with van der Waals surface area (Å²) in [5.41, 5.74) is 1.47. The fraction of sp³-hybridized carbons (Fsp3) is 0.167. The van der Waals surface area contributed by atoms with E-state index < -0.39 is 0 Å². The van der Waals surface area contributed by atoms with Crippen LogP contribution in [0.2, 0.25) is 0 Å². The zero-order valence-electron chi connectivity index (χ0n) is 13.5. The number of anilines is 2. The average Bonchev–Trinajstić information content (AvgIpc) is 2.63. The first-order valence-corrected chi connectivity index (χ1v) is 8.48. The fourth-order valence-electron chi connectivity index (χ4n) is 2.46. The Morgan fingerprint density at radius 2 is 1.96 bits per heavy atom. The van der Waals surface area contributed by atoms with Gasteiger partial charge >= 0.3 is 0 Å². The largest absolute Gasteiger partial charge is 0.495 e. The Balaban J connectivity index is 1.85. The monoisotopic (exact) mass is 401 g/mol. The highest BCUT2D eigenvalue weighted by atomic mass is 79.9. The van der Waals surface area contributed by atoms with Crippen LogP contribution < -0.4 is 15.1 Å².